The van der Waals surface area contributed by atoms with E-state index >= 15 is 0 Å². The number of halogens is 1. The van der Waals surface area contributed by atoms with E-state index in [4.69, 9.17) is 16.0 Å². The summed E-state index contributed by atoms with van der Waals surface area (Å²) in [4.78, 5) is 0.0988. The first-order chi connectivity index (χ1) is 9.79. The van der Waals surface area contributed by atoms with Crippen molar-refractivity contribution in [3.8, 4) is 0 Å². The zero-order valence-electron chi connectivity index (χ0n) is 11.9. The van der Waals surface area contributed by atoms with Gasteiger partial charge in [0.2, 0.25) is 21.8 Å². The lowest BCUT2D eigenvalue weighted by Crippen LogP contribution is -2.23. The standard InChI is InChI=1S/C13H16ClN3O3S/c1-8(2)13-17-16-12(20-13)7-15-21(18,19)10-5-4-9(3)11(14)6-10/h4-6,8,15H,7H2,1-3H3. The quantitative estimate of drug-likeness (QED) is 0.911. The van der Waals surface area contributed by atoms with Crippen LogP contribution in [0.1, 0.15) is 37.1 Å². The molecule has 0 saturated heterocycles. The van der Waals surface area contributed by atoms with Crippen molar-refractivity contribution in [1.82, 2.24) is 14.9 Å². The van der Waals surface area contributed by atoms with Crippen LogP contribution in [-0.4, -0.2) is 18.6 Å². The summed E-state index contributed by atoms with van der Waals surface area (Å²) in [5, 5.41) is 8.04. The predicted molar refractivity (Wildman–Crippen MR) is 78.6 cm³/mol. The summed E-state index contributed by atoms with van der Waals surface area (Å²) >= 11 is 5.94. The van der Waals surface area contributed by atoms with Crippen LogP contribution in [0.5, 0.6) is 0 Å². The normalized spacial score (nSPS) is 12.0. The minimum atomic E-state index is -3.67. The van der Waals surface area contributed by atoms with Crippen molar-refractivity contribution >= 4 is 21.6 Å². The first-order valence-corrected chi connectivity index (χ1v) is 8.24. The summed E-state index contributed by atoms with van der Waals surface area (Å²) in [6.07, 6.45) is 0. The van der Waals surface area contributed by atoms with Gasteiger partial charge in [-0.15, -0.1) is 10.2 Å². The van der Waals surface area contributed by atoms with Crippen LogP contribution in [0.4, 0.5) is 0 Å². The van der Waals surface area contributed by atoms with Crippen molar-refractivity contribution in [1.29, 1.82) is 0 Å². The first-order valence-electron chi connectivity index (χ1n) is 6.37. The number of hydrogen-bond donors (Lipinski definition) is 1. The Balaban J connectivity index is 2.11. The third kappa shape index (κ3) is 3.81. The number of aromatic nitrogens is 2. The Morgan fingerprint density at radius 3 is 2.62 bits per heavy atom. The zero-order chi connectivity index (χ0) is 15.6. The molecule has 21 heavy (non-hydrogen) atoms. The predicted octanol–water partition coefficient (Wildman–Crippen LogP) is 2.63. The molecule has 0 fully saturated rings. The molecular formula is C13H16ClN3O3S. The molecule has 114 valence electrons. The third-order valence-corrected chi connectivity index (χ3v) is 4.65. The molecule has 0 amide bonds. The van der Waals surface area contributed by atoms with E-state index in [0.29, 0.717) is 10.9 Å². The van der Waals surface area contributed by atoms with Crippen LogP contribution in [0.15, 0.2) is 27.5 Å². The van der Waals surface area contributed by atoms with E-state index in [9.17, 15) is 8.42 Å². The van der Waals surface area contributed by atoms with Crippen molar-refractivity contribution in [3.05, 3.63) is 40.6 Å². The first kappa shape index (κ1) is 15.9. The Morgan fingerprint density at radius 2 is 2.05 bits per heavy atom. The highest BCUT2D eigenvalue weighted by molar-refractivity contribution is 7.89. The second kappa shape index (κ2) is 6.13. The molecule has 1 heterocycles. The van der Waals surface area contributed by atoms with Gasteiger partial charge >= 0.3 is 0 Å². The summed E-state index contributed by atoms with van der Waals surface area (Å²) in [6.45, 7) is 5.57. The van der Waals surface area contributed by atoms with Gasteiger partial charge in [-0.1, -0.05) is 31.5 Å². The number of aryl methyl sites for hydroxylation is 1. The highest BCUT2D eigenvalue weighted by atomic mass is 35.5. The number of hydrogen-bond acceptors (Lipinski definition) is 5. The SMILES string of the molecule is Cc1ccc(S(=O)(=O)NCc2nnc(C(C)C)o2)cc1Cl. The van der Waals surface area contributed by atoms with Crippen molar-refractivity contribution in [2.24, 2.45) is 0 Å². The minimum absolute atomic E-state index is 0.0620. The second-order valence-electron chi connectivity index (χ2n) is 4.92. The van der Waals surface area contributed by atoms with Crippen LogP contribution in [0.3, 0.4) is 0 Å². The summed E-state index contributed by atoms with van der Waals surface area (Å²) in [5.74, 6) is 0.793. The van der Waals surface area contributed by atoms with Gasteiger partial charge in [-0.05, 0) is 24.6 Å². The van der Waals surface area contributed by atoms with E-state index in [1.165, 1.54) is 12.1 Å². The van der Waals surface area contributed by atoms with Gasteiger partial charge in [-0.3, -0.25) is 0 Å². The van der Waals surface area contributed by atoms with E-state index in [0.717, 1.165) is 5.56 Å². The molecule has 2 aromatic rings. The fourth-order valence-corrected chi connectivity index (χ4v) is 2.80. The number of nitrogens with one attached hydrogen (secondary N) is 1. The van der Waals surface area contributed by atoms with Crippen molar-refractivity contribution < 1.29 is 12.8 Å². The van der Waals surface area contributed by atoms with Crippen LogP contribution in [0.25, 0.3) is 0 Å². The average Bonchev–Trinajstić information content (AvgIpc) is 2.89. The third-order valence-electron chi connectivity index (χ3n) is 2.84. The van der Waals surface area contributed by atoms with Crippen LogP contribution in [0, 0.1) is 6.92 Å². The molecule has 1 N–H and O–H groups in total. The van der Waals surface area contributed by atoms with Gasteiger partial charge in [-0.25, -0.2) is 13.1 Å². The largest absolute Gasteiger partial charge is 0.424 e. The van der Waals surface area contributed by atoms with Gasteiger partial charge in [0.15, 0.2) is 0 Å². The van der Waals surface area contributed by atoms with Gasteiger partial charge in [0.1, 0.15) is 0 Å². The van der Waals surface area contributed by atoms with E-state index in [2.05, 4.69) is 14.9 Å². The Bertz CT molecular complexity index is 741. The molecule has 0 bridgehead atoms. The minimum Gasteiger partial charge on any atom is -0.424 e. The van der Waals surface area contributed by atoms with Gasteiger partial charge in [0.05, 0.1) is 11.4 Å². The molecule has 6 nitrogen and oxygen atoms in total. The monoisotopic (exact) mass is 329 g/mol. The molecule has 0 saturated carbocycles. The molecule has 0 atom stereocenters. The van der Waals surface area contributed by atoms with Crippen molar-refractivity contribution in [2.75, 3.05) is 0 Å². The highest BCUT2D eigenvalue weighted by Crippen LogP contribution is 2.20. The van der Waals surface area contributed by atoms with Crippen LogP contribution in [-0.2, 0) is 16.6 Å². The summed E-state index contributed by atoms with van der Waals surface area (Å²) in [6, 6.07) is 4.56. The molecule has 0 aliphatic heterocycles. The smallest absolute Gasteiger partial charge is 0.241 e. The van der Waals surface area contributed by atoms with Crippen LogP contribution < -0.4 is 4.72 Å². The molecule has 1 aromatic heterocycles. The topological polar surface area (TPSA) is 85.1 Å². The maximum absolute atomic E-state index is 12.2. The number of benzene rings is 1. The summed E-state index contributed by atoms with van der Waals surface area (Å²) in [7, 11) is -3.67. The molecule has 0 spiro atoms. The molecule has 2 rings (SSSR count). The number of nitrogens with zero attached hydrogens (tertiary/aromatic N) is 2. The van der Waals surface area contributed by atoms with Crippen LogP contribution >= 0.6 is 11.6 Å². The van der Waals surface area contributed by atoms with E-state index < -0.39 is 10.0 Å². The lowest BCUT2D eigenvalue weighted by atomic mass is 10.2. The van der Waals surface area contributed by atoms with Gasteiger partial charge in [-0.2, -0.15) is 0 Å². The van der Waals surface area contributed by atoms with Crippen molar-refractivity contribution in [2.45, 2.75) is 38.1 Å². The molecule has 0 radical (unpaired) electrons. The van der Waals surface area contributed by atoms with Crippen molar-refractivity contribution in [3.63, 3.8) is 0 Å². The fourth-order valence-electron chi connectivity index (χ4n) is 1.55. The molecule has 0 aliphatic carbocycles. The second-order valence-corrected chi connectivity index (χ2v) is 7.10. The van der Waals surface area contributed by atoms with E-state index in [1.54, 1.807) is 13.0 Å². The Labute approximate surface area is 128 Å². The lowest BCUT2D eigenvalue weighted by molar-refractivity contribution is 0.427. The molecule has 0 unspecified atom stereocenters. The van der Waals surface area contributed by atoms with E-state index in [1.807, 2.05) is 13.8 Å². The van der Waals surface area contributed by atoms with Crippen LogP contribution in [0.2, 0.25) is 5.02 Å². The average molecular weight is 330 g/mol. The Kier molecular flexibility index (Phi) is 4.65. The van der Waals surface area contributed by atoms with E-state index in [-0.39, 0.29) is 23.2 Å². The summed E-state index contributed by atoms with van der Waals surface area (Å²) < 4.78 is 32.1. The molecular weight excluding hydrogens is 314 g/mol. The molecule has 0 aliphatic rings. The van der Waals surface area contributed by atoms with Gasteiger partial charge < -0.3 is 4.42 Å². The molecule has 8 heteroatoms. The Morgan fingerprint density at radius 1 is 1.33 bits per heavy atom. The van der Waals surface area contributed by atoms with Gasteiger partial charge in [0, 0.05) is 10.9 Å². The fraction of sp³-hybridized carbons (Fsp3) is 0.385. The number of rotatable bonds is 5. The number of sulfonamides is 1. The lowest BCUT2D eigenvalue weighted by Gasteiger charge is -2.06. The maximum Gasteiger partial charge on any atom is 0.241 e. The van der Waals surface area contributed by atoms with Gasteiger partial charge in [0.25, 0.3) is 0 Å². The zero-order valence-corrected chi connectivity index (χ0v) is 13.5. The maximum atomic E-state index is 12.2. The summed E-state index contributed by atoms with van der Waals surface area (Å²) in [5.41, 5.74) is 0.814. The Hall–Kier alpha value is -1.44. The molecule has 1 aromatic carbocycles. The highest BCUT2D eigenvalue weighted by Gasteiger charge is 2.17.